The maximum absolute atomic E-state index is 13.0. The second-order valence-corrected chi connectivity index (χ2v) is 8.92. The van der Waals surface area contributed by atoms with Crippen molar-refractivity contribution in [2.45, 2.75) is 32.2 Å². The van der Waals surface area contributed by atoms with Gasteiger partial charge in [0.25, 0.3) is 11.8 Å². The lowest BCUT2D eigenvalue weighted by molar-refractivity contribution is 0.0929. The quantitative estimate of drug-likeness (QED) is 0.512. The Kier molecular flexibility index (Phi) is 8.03. The van der Waals surface area contributed by atoms with Crippen molar-refractivity contribution < 1.29 is 14.3 Å². The molecule has 2 N–H and O–H groups in total. The maximum Gasteiger partial charge on any atom is 0.253 e. The van der Waals surface area contributed by atoms with Crippen molar-refractivity contribution in [3.05, 3.63) is 95.1 Å². The summed E-state index contributed by atoms with van der Waals surface area (Å²) in [6, 6.07) is 23.4. The van der Waals surface area contributed by atoms with E-state index in [0.29, 0.717) is 12.1 Å². The van der Waals surface area contributed by atoms with Crippen molar-refractivity contribution in [3.63, 3.8) is 0 Å². The first-order chi connectivity index (χ1) is 17.0. The van der Waals surface area contributed by atoms with Gasteiger partial charge in [-0.3, -0.25) is 9.59 Å². The molecule has 0 unspecified atom stereocenters. The fraction of sp³-hybridized carbons (Fsp3) is 0.310. The highest BCUT2D eigenvalue weighted by Gasteiger charge is 2.24. The molecule has 6 nitrogen and oxygen atoms in total. The number of nitrogens with zero attached hydrogens (tertiary/aromatic N) is 1. The molecule has 1 aliphatic heterocycles. The minimum Gasteiger partial charge on any atom is -0.497 e. The minimum absolute atomic E-state index is 0.0156. The average molecular weight is 472 g/mol. The number of carbonyl (C=O) groups excluding carboxylic acids is 2. The molecule has 182 valence electrons. The Bertz CT molecular complexity index is 1150. The molecular formula is C29H33N3O3. The van der Waals surface area contributed by atoms with Gasteiger partial charge < -0.3 is 20.3 Å². The second-order valence-electron chi connectivity index (χ2n) is 8.92. The van der Waals surface area contributed by atoms with Crippen molar-refractivity contribution in [2.75, 3.05) is 31.6 Å². The molecule has 0 aromatic heterocycles. The van der Waals surface area contributed by atoms with Gasteiger partial charge >= 0.3 is 0 Å². The largest absolute Gasteiger partial charge is 0.497 e. The van der Waals surface area contributed by atoms with Gasteiger partial charge in [0.1, 0.15) is 5.75 Å². The third kappa shape index (κ3) is 6.21. The molecule has 0 atom stereocenters. The lowest BCUT2D eigenvalue weighted by Gasteiger charge is -2.35. The predicted octanol–water partition coefficient (Wildman–Crippen LogP) is 4.37. The van der Waals surface area contributed by atoms with Crippen LogP contribution in [0.25, 0.3) is 0 Å². The molecule has 0 spiro atoms. The standard InChI is InChI=1S/C29H33N3O3/c1-21-7-3-4-8-25(21)29(34)31-23-16-19-32(20-17-23)27-10-6-5-9-26(27)28(33)30-18-15-22-11-13-24(35-2)14-12-22/h3-14,23H,15-20H2,1-2H3,(H,30,33)(H,31,34). The van der Waals surface area contributed by atoms with Crippen LogP contribution in [0.15, 0.2) is 72.8 Å². The Balaban J connectivity index is 1.31. The van der Waals surface area contributed by atoms with Crippen LogP contribution in [0.4, 0.5) is 5.69 Å². The van der Waals surface area contributed by atoms with Gasteiger partial charge in [-0.05, 0) is 67.6 Å². The summed E-state index contributed by atoms with van der Waals surface area (Å²) in [5.41, 5.74) is 4.48. The van der Waals surface area contributed by atoms with Gasteiger partial charge in [-0.2, -0.15) is 0 Å². The lowest BCUT2D eigenvalue weighted by Crippen LogP contribution is -2.45. The summed E-state index contributed by atoms with van der Waals surface area (Å²) in [5, 5.41) is 6.24. The van der Waals surface area contributed by atoms with E-state index < -0.39 is 0 Å². The van der Waals surface area contributed by atoms with Crippen molar-refractivity contribution in [3.8, 4) is 5.75 Å². The summed E-state index contributed by atoms with van der Waals surface area (Å²) in [5.74, 6) is 0.743. The number of ether oxygens (including phenoxy) is 1. The van der Waals surface area contributed by atoms with Crippen LogP contribution in [0.1, 0.15) is 44.7 Å². The van der Waals surface area contributed by atoms with E-state index in [4.69, 9.17) is 4.74 Å². The van der Waals surface area contributed by atoms with Gasteiger partial charge in [0, 0.05) is 36.9 Å². The van der Waals surface area contributed by atoms with Gasteiger partial charge in [0.15, 0.2) is 0 Å². The molecule has 2 amide bonds. The molecule has 1 fully saturated rings. The number of hydrogen-bond donors (Lipinski definition) is 2. The van der Waals surface area contributed by atoms with Gasteiger partial charge in [-0.25, -0.2) is 0 Å². The van der Waals surface area contributed by atoms with Crippen LogP contribution in [0, 0.1) is 6.92 Å². The van der Waals surface area contributed by atoms with Crippen LogP contribution in [0.3, 0.4) is 0 Å². The number of hydrogen-bond acceptors (Lipinski definition) is 4. The van der Waals surface area contributed by atoms with Gasteiger partial charge in [0.05, 0.1) is 12.7 Å². The molecular weight excluding hydrogens is 438 g/mol. The van der Waals surface area contributed by atoms with E-state index in [1.54, 1.807) is 7.11 Å². The summed E-state index contributed by atoms with van der Waals surface area (Å²) in [7, 11) is 1.65. The van der Waals surface area contributed by atoms with Gasteiger partial charge in [0.2, 0.25) is 0 Å². The molecule has 0 bridgehead atoms. The predicted molar refractivity (Wildman–Crippen MR) is 139 cm³/mol. The Morgan fingerprint density at radius 3 is 2.23 bits per heavy atom. The molecule has 1 heterocycles. The molecule has 0 saturated carbocycles. The summed E-state index contributed by atoms with van der Waals surface area (Å²) in [6.07, 6.45) is 2.43. The summed E-state index contributed by atoms with van der Waals surface area (Å²) >= 11 is 0. The number of para-hydroxylation sites is 1. The van der Waals surface area contributed by atoms with E-state index in [1.165, 1.54) is 0 Å². The van der Waals surface area contributed by atoms with Gasteiger partial charge in [-0.15, -0.1) is 0 Å². The highest BCUT2D eigenvalue weighted by molar-refractivity contribution is 6.00. The smallest absolute Gasteiger partial charge is 0.253 e. The maximum atomic E-state index is 13.0. The molecule has 0 aliphatic carbocycles. The van der Waals surface area contributed by atoms with Crippen molar-refractivity contribution in [2.24, 2.45) is 0 Å². The normalized spacial score (nSPS) is 13.8. The molecule has 6 heteroatoms. The van der Waals surface area contributed by atoms with Crippen LogP contribution < -0.4 is 20.3 Å². The molecule has 35 heavy (non-hydrogen) atoms. The third-order valence-electron chi connectivity index (χ3n) is 6.57. The highest BCUT2D eigenvalue weighted by Crippen LogP contribution is 2.24. The summed E-state index contributed by atoms with van der Waals surface area (Å²) in [6.45, 7) is 4.09. The van der Waals surface area contributed by atoms with Gasteiger partial charge in [-0.1, -0.05) is 42.5 Å². The first-order valence-electron chi connectivity index (χ1n) is 12.2. The zero-order valence-corrected chi connectivity index (χ0v) is 20.4. The summed E-state index contributed by atoms with van der Waals surface area (Å²) < 4.78 is 5.20. The molecule has 1 saturated heterocycles. The Morgan fingerprint density at radius 2 is 1.54 bits per heavy atom. The number of benzene rings is 3. The Hall–Kier alpha value is -3.80. The number of carbonyl (C=O) groups is 2. The zero-order chi connectivity index (χ0) is 24.6. The van der Waals surface area contributed by atoms with Crippen molar-refractivity contribution in [1.29, 1.82) is 0 Å². The van der Waals surface area contributed by atoms with E-state index >= 15 is 0 Å². The monoisotopic (exact) mass is 471 g/mol. The van der Waals surface area contributed by atoms with E-state index in [-0.39, 0.29) is 17.9 Å². The third-order valence-corrected chi connectivity index (χ3v) is 6.57. The topological polar surface area (TPSA) is 70.7 Å². The molecule has 4 rings (SSSR count). The fourth-order valence-electron chi connectivity index (χ4n) is 4.50. The fourth-order valence-corrected chi connectivity index (χ4v) is 4.50. The van der Waals surface area contributed by atoms with E-state index in [1.807, 2.05) is 79.7 Å². The SMILES string of the molecule is COc1ccc(CCNC(=O)c2ccccc2N2CCC(NC(=O)c3ccccc3C)CC2)cc1. The lowest BCUT2D eigenvalue weighted by atomic mass is 10.0. The Labute approximate surface area is 207 Å². The first kappa shape index (κ1) is 24.3. The van der Waals surface area contributed by atoms with Crippen LogP contribution in [-0.4, -0.2) is 44.6 Å². The van der Waals surface area contributed by atoms with E-state index in [0.717, 1.165) is 60.5 Å². The van der Waals surface area contributed by atoms with Crippen LogP contribution in [0.5, 0.6) is 5.75 Å². The Morgan fingerprint density at radius 1 is 0.886 bits per heavy atom. The zero-order valence-electron chi connectivity index (χ0n) is 20.4. The second kappa shape index (κ2) is 11.6. The number of amides is 2. The number of methoxy groups -OCH3 is 1. The minimum atomic E-state index is -0.0657. The molecule has 3 aromatic carbocycles. The van der Waals surface area contributed by atoms with E-state index in [9.17, 15) is 9.59 Å². The number of anilines is 1. The van der Waals surface area contributed by atoms with Crippen LogP contribution >= 0.6 is 0 Å². The molecule has 3 aromatic rings. The number of nitrogens with one attached hydrogen (secondary N) is 2. The summed E-state index contributed by atoms with van der Waals surface area (Å²) in [4.78, 5) is 27.9. The van der Waals surface area contributed by atoms with Crippen LogP contribution in [-0.2, 0) is 6.42 Å². The highest BCUT2D eigenvalue weighted by atomic mass is 16.5. The number of rotatable bonds is 8. The van der Waals surface area contributed by atoms with Crippen molar-refractivity contribution in [1.82, 2.24) is 10.6 Å². The van der Waals surface area contributed by atoms with E-state index in [2.05, 4.69) is 15.5 Å². The molecule has 0 radical (unpaired) electrons. The number of piperidine rings is 1. The first-order valence-corrected chi connectivity index (χ1v) is 12.2. The van der Waals surface area contributed by atoms with Crippen LogP contribution in [0.2, 0.25) is 0 Å². The number of aryl methyl sites for hydroxylation is 1. The molecule has 1 aliphatic rings. The van der Waals surface area contributed by atoms with Crippen molar-refractivity contribution >= 4 is 17.5 Å². The average Bonchev–Trinajstić information content (AvgIpc) is 2.89.